The molecule has 1 aliphatic carbocycles. The van der Waals surface area contributed by atoms with Gasteiger partial charge < -0.3 is 16.0 Å². The van der Waals surface area contributed by atoms with Crippen LogP contribution in [0.1, 0.15) is 38.5 Å². The molecule has 2 fully saturated rings. The smallest absolute Gasteiger partial charge is 0.224 e. The molecule has 1 saturated carbocycles. The summed E-state index contributed by atoms with van der Waals surface area (Å²) >= 11 is 0. The number of hydrogen-bond acceptors (Lipinski definition) is 2. The average molecular weight is 252 g/mol. The lowest BCUT2D eigenvalue weighted by Gasteiger charge is -2.23. The molecule has 0 bridgehead atoms. The summed E-state index contributed by atoms with van der Waals surface area (Å²) in [5.41, 5.74) is 5.75. The first kappa shape index (κ1) is 13.2. The number of nitrogens with two attached hydrogens (primary N) is 1. The molecule has 102 valence electrons. The molecular weight excluding hydrogens is 228 g/mol. The Balaban J connectivity index is 1.57. The molecule has 1 aliphatic heterocycles. The highest BCUT2D eigenvalue weighted by Gasteiger charge is 2.18. The van der Waals surface area contributed by atoms with Crippen LogP contribution in [0.4, 0.5) is 0 Å². The number of likely N-dealkylation sites (tertiary alicyclic amines) is 1. The van der Waals surface area contributed by atoms with Crippen LogP contribution < -0.4 is 11.1 Å². The molecule has 1 amide bonds. The second-order valence-corrected chi connectivity index (χ2v) is 5.29. The molecule has 2 aliphatic rings. The standard InChI is InChI=1S/C13H24N4O/c14-13(16-10-11-4-3-5-11)15-7-6-12(18)17-8-1-2-9-17/h11H,1-10H2,(H3,14,15,16). The lowest BCUT2D eigenvalue weighted by atomic mass is 9.86. The van der Waals surface area contributed by atoms with Crippen LogP contribution in [0, 0.1) is 5.92 Å². The molecule has 1 heterocycles. The van der Waals surface area contributed by atoms with Gasteiger partial charge in [-0.2, -0.15) is 0 Å². The second kappa shape index (κ2) is 6.61. The Hall–Kier alpha value is -1.26. The summed E-state index contributed by atoms with van der Waals surface area (Å²) in [4.78, 5) is 18.0. The van der Waals surface area contributed by atoms with E-state index >= 15 is 0 Å². The maximum atomic E-state index is 11.8. The number of carbonyl (C=O) groups is 1. The largest absolute Gasteiger partial charge is 0.370 e. The molecule has 0 atom stereocenters. The van der Waals surface area contributed by atoms with E-state index in [4.69, 9.17) is 5.73 Å². The van der Waals surface area contributed by atoms with Gasteiger partial charge in [0.15, 0.2) is 5.96 Å². The van der Waals surface area contributed by atoms with Crippen LogP contribution >= 0.6 is 0 Å². The first-order chi connectivity index (χ1) is 8.75. The Morgan fingerprint density at radius 3 is 2.61 bits per heavy atom. The van der Waals surface area contributed by atoms with Crippen molar-refractivity contribution in [1.82, 2.24) is 10.2 Å². The first-order valence-corrected chi connectivity index (χ1v) is 7.07. The summed E-state index contributed by atoms with van der Waals surface area (Å²) in [5, 5.41) is 3.02. The average Bonchev–Trinajstić information content (AvgIpc) is 2.80. The van der Waals surface area contributed by atoms with E-state index < -0.39 is 0 Å². The van der Waals surface area contributed by atoms with Crippen LogP contribution in [0.25, 0.3) is 0 Å². The Morgan fingerprint density at radius 1 is 1.28 bits per heavy atom. The number of nitrogens with one attached hydrogen (secondary N) is 1. The second-order valence-electron chi connectivity index (χ2n) is 5.29. The number of amides is 1. The van der Waals surface area contributed by atoms with Crippen LogP contribution in [-0.2, 0) is 4.79 Å². The van der Waals surface area contributed by atoms with Gasteiger partial charge in [0.2, 0.25) is 5.91 Å². The minimum absolute atomic E-state index is 0.229. The molecule has 0 unspecified atom stereocenters. The maximum absolute atomic E-state index is 11.8. The van der Waals surface area contributed by atoms with Crippen LogP contribution in [0.2, 0.25) is 0 Å². The highest BCUT2D eigenvalue weighted by Crippen LogP contribution is 2.26. The molecule has 0 radical (unpaired) electrons. The van der Waals surface area contributed by atoms with Crippen molar-refractivity contribution < 1.29 is 4.79 Å². The fourth-order valence-corrected chi connectivity index (χ4v) is 2.38. The van der Waals surface area contributed by atoms with Crippen molar-refractivity contribution in [3.05, 3.63) is 0 Å². The van der Waals surface area contributed by atoms with Crippen LogP contribution in [0.15, 0.2) is 4.99 Å². The summed E-state index contributed by atoms with van der Waals surface area (Å²) in [6.45, 7) is 3.27. The van der Waals surface area contributed by atoms with Gasteiger partial charge >= 0.3 is 0 Å². The van der Waals surface area contributed by atoms with E-state index in [0.717, 1.165) is 38.4 Å². The predicted octanol–water partition coefficient (Wildman–Crippen LogP) is 0.703. The zero-order valence-electron chi connectivity index (χ0n) is 11.0. The van der Waals surface area contributed by atoms with Gasteiger partial charge in [-0.3, -0.25) is 9.79 Å². The summed E-state index contributed by atoms with van der Waals surface area (Å²) < 4.78 is 0. The van der Waals surface area contributed by atoms with Crippen molar-refractivity contribution in [2.45, 2.75) is 38.5 Å². The summed E-state index contributed by atoms with van der Waals surface area (Å²) in [5.74, 6) is 1.44. The molecule has 5 nitrogen and oxygen atoms in total. The lowest BCUT2D eigenvalue weighted by Crippen LogP contribution is -2.36. The van der Waals surface area contributed by atoms with E-state index in [0.29, 0.717) is 18.9 Å². The van der Waals surface area contributed by atoms with Gasteiger partial charge in [-0.1, -0.05) is 6.42 Å². The van der Waals surface area contributed by atoms with Gasteiger partial charge in [-0.05, 0) is 31.6 Å². The molecule has 0 aromatic rings. The molecule has 2 rings (SSSR count). The molecule has 0 spiro atoms. The van der Waals surface area contributed by atoms with E-state index in [1.807, 2.05) is 4.90 Å². The summed E-state index contributed by atoms with van der Waals surface area (Å²) in [6.07, 6.45) is 6.69. The maximum Gasteiger partial charge on any atom is 0.224 e. The monoisotopic (exact) mass is 252 g/mol. The van der Waals surface area contributed by atoms with Gasteiger partial charge in [0.05, 0.1) is 0 Å². The van der Waals surface area contributed by atoms with Crippen molar-refractivity contribution in [2.24, 2.45) is 16.6 Å². The third-order valence-corrected chi connectivity index (χ3v) is 3.85. The first-order valence-electron chi connectivity index (χ1n) is 7.07. The predicted molar refractivity (Wildman–Crippen MR) is 72.3 cm³/mol. The molecule has 1 saturated heterocycles. The number of nitrogens with zero attached hydrogens (tertiary/aromatic N) is 2. The zero-order valence-corrected chi connectivity index (χ0v) is 11.0. The van der Waals surface area contributed by atoms with Gasteiger partial charge in [-0.25, -0.2) is 0 Å². The number of carbonyl (C=O) groups excluding carboxylic acids is 1. The van der Waals surface area contributed by atoms with Crippen molar-refractivity contribution in [1.29, 1.82) is 0 Å². The molecule has 3 N–H and O–H groups in total. The summed E-state index contributed by atoms with van der Waals surface area (Å²) in [6, 6.07) is 0. The number of hydrogen-bond donors (Lipinski definition) is 2. The number of aliphatic imine (C=N–C) groups is 1. The van der Waals surface area contributed by atoms with Crippen LogP contribution in [0.3, 0.4) is 0 Å². The zero-order chi connectivity index (χ0) is 12.8. The van der Waals surface area contributed by atoms with Crippen molar-refractivity contribution >= 4 is 11.9 Å². The molecular formula is C13H24N4O. The highest BCUT2D eigenvalue weighted by molar-refractivity contribution is 5.80. The minimum Gasteiger partial charge on any atom is -0.370 e. The topological polar surface area (TPSA) is 70.7 Å². The Morgan fingerprint density at radius 2 is 2.00 bits per heavy atom. The van der Waals surface area contributed by atoms with E-state index in [-0.39, 0.29) is 5.91 Å². The van der Waals surface area contributed by atoms with Gasteiger partial charge in [0, 0.05) is 32.6 Å². The SMILES string of the molecule is NC(=NCC1CCC1)NCCC(=O)N1CCCC1. The van der Waals surface area contributed by atoms with Crippen molar-refractivity contribution in [3.8, 4) is 0 Å². The fourth-order valence-electron chi connectivity index (χ4n) is 2.38. The van der Waals surface area contributed by atoms with E-state index in [1.54, 1.807) is 0 Å². The Kier molecular flexibility index (Phi) is 4.84. The van der Waals surface area contributed by atoms with Crippen LogP contribution in [-0.4, -0.2) is 42.9 Å². The minimum atomic E-state index is 0.229. The normalized spacial score (nSPS) is 20.9. The molecule has 18 heavy (non-hydrogen) atoms. The van der Waals surface area contributed by atoms with Crippen molar-refractivity contribution in [3.63, 3.8) is 0 Å². The van der Waals surface area contributed by atoms with Gasteiger partial charge in [0.1, 0.15) is 0 Å². The summed E-state index contributed by atoms with van der Waals surface area (Å²) in [7, 11) is 0. The molecule has 0 aromatic heterocycles. The number of rotatable bonds is 5. The third kappa shape index (κ3) is 3.89. The fraction of sp³-hybridized carbons (Fsp3) is 0.846. The van der Waals surface area contributed by atoms with E-state index in [2.05, 4.69) is 10.3 Å². The van der Waals surface area contributed by atoms with Crippen LogP contribution in [0.5, 0.6) is 0 Å². The third-order valence-electron chi connectivity index (χ3n) is 3.85. The highest BCUT2D eigenvalue weighted by atomic mass is 16.2. The number of guanidine groups is 1. The van der Waals surface area contributed by atoms with Gasteiger partial charge in [0.25, 0.3) is 0 Å². The molecule has 5 heteroatoms. The molecule has 0 aromatic carbocycles. The van der Waals surface area contributed by atoms with Gasteiger partial charge in [-0.15, -0.1) is 0 Å². The van der Waals surface area contributed by atoms with E-state index in [9.17, 15) is 4.79 Å². The quantitative estimate of drug-likeness (QED) is 0.559. The lowest BCUT2D eigenvalue weighted by molar-refractivity contribution is -0.129. The van der Waals surface area contributed by atoms with Crippen molar-refractivity contribution in [2.75, 3.05) is 26.2 Å². The van der Waals surface area contributed by atoms with E-state index in [1.165, 1.54) is 19.3 Å². The Bertz CT molecular complexity index is 306. The Labute approximate surface area is 109 Å².